The van der Waals surface area contributed by atoms with E-state index in [1.807, 2.05) is 0 Å². The molecule has 0 aromatic heterocycles. The van der Waals surface area contributed by atoms with Gasteiger partial charge in [0.1, 0.15) is 11.4 Å². The van der Waals surface area contributed by atoms with Gasteiger partial charge in [-0.3, -0.25) is 4.79 Å². The number of nitrogens with two attached hydrogens (primary N) is 1. The predicted molar refractivity (Wildman–Crippen MR) is 54.9 cm³/mol. The molecule has 3 nitrogen and oxygen atoms in total. The minimum atomic E-state index is -1.26. The lowest BCUT2D eigenvalue weighted by Crippen LogP contribution is -2.45. The van der Waals surface area contributed by atoms with Crippen LogP contribution in [0.5, 0.6) is 0 Å². The Labute approximate surface area is 87.7 Å². The molecule has 1 aromatic rings. The SMILES string of the molecule is C[C@](N)(CCc1cccc(F)c1)C(=O)O. The lowest BCUT2D eigenvalue weighted by molar-refractivity contribution is -0.142. The van der Waals surface area contributed by atoms with Crippen LogP contribution in [0.1, 0.15) is 18.9 Å². The van der Waals surface area contributed by atoms with Gasteiger partial charge in [0.05, 0.1) is 0 Å². The number of aryl methyl sites for hydroxylation is 1. The van der Waals surface area contributed by atoms with Gasteiger partial charge >= 0.3 is 5.97 Å². The number of aliphatic carboxylic acids is 1. The average molecular weight is 211 g/mol. The lowest BCUT2D eigenvalue weighted by Gasteiger charge is -2.18. The van der Waals surface area contributed by atoms with Gasteiger partial charge in [-0.05, 0) is 37.5 Å². The van der Waals surface area contributed by atoms with Gasteiger partial charge in [-0.15, -0.1) is 0 Å². The highest BCUT2D eigenvalue weighted by atomic mass is 19.1. The van der Waals surface area contributed by atoms with Crippen LogP contribution in [-0.2, 0) is 11.2 Å². The number of halogens is 1. The number of carboxylic acid groups (broad SMARTS) is 1. The summed E-state index contributed by atoms with van der Waals surface area (Å²) < 4.78 is 12.8. The molecule has 0 saturated carbocycles. The number of carbonyl (C=O) groups is 1. The highest BCUT2D eigenvalue weighted by Gasteiger charge is 2.27. The van der Waals surface area contributed by atoms with Gasteiger partial charge in [-0.25, -0.2) is 4.39 Å². The molecule has 1 rings (SSSR count). The first-order valence-electron chi connectivity index (χ1n) is 4.68. The van der Waals surface area contributed by atoms with Crippen LogP contribution in [0.3, 0.4) is 0 Å². The van der Waals surface area contributed by atoms with E-state index in [1.54, 1.807) is 12.1 Å². The van der Waals surface area contributed by atoms with Gasteiger partial charge in [0.2, 0.25) is 0 Å². The van der Waals surface area contributed by atoms with Crippen molar-refractivity contribution < 1.29 is 14.3 Å². The molecule has 0 amide bonds. The standard InChI is InChI=1S/C11H14FNO2/c1-11(13,10(14)15)6-5-8-3-2-4-9(12)7-8/h2-4,7H,5-6,13H2,1H3,(H,14,15)/t11-/m0/s1. The molecular weight excluding hydrogens is 197 g/mol. The highest BCUT2D eigenvalue weighted by molar-refractivity contribution is 5.77. The summed E-state index contributed by atoms with van der Waals surface area (Å²) in [5, 5.41) is 8.77. The van der Waals surface area contributed by atoms with Crippen molar-refractivity contribution in [2.45, 2.75) is 25.3 Å². The van der Waals surface area contributed by atoms with E-state index in [-0.39, 0.29) is 12.2 Å². The molecule has 3 N–H and O–H groups in total. The van der Waals surface area contributed by atoms with E-state index in [1.165, 1.54) is 19.1 Å². The van der Waals surface area contributed by atoms with Crippen molar-refractivity contribution in [3.05, 3.63) is 35.6 Å². The summed E-state index contributed by atoms with van der Waals surface area (Å²) in [5.74, 6) is -1.36. The fourth-order valence-corrected chi connectivity index (χ4v) is 1.20. The molecule has 0 saturated heterocycles. The van der Waals surface area contributed by atoms with Crippen molar-refractivity contribution in [2.75, 3.05) is 0 Å². The van der Waals surface area contributed by atoms with Crippen molar-refractivity contribution >= 4 is 5.97 Å². The largest absolute Gasteiger partial charge is 0.480 e. The smallest absolute Gasteiger partial charge is 0.323 e. The molecule has 0 radical (unpaired) electrons. The molecule has 1 aromatic carbocycles. The van der Waals surface area contributed by atoms with Crippen molar-refractivity contribution in [3.63, 3.8) is 0 Å². The van der Waals surface area contributed by atoms with E-state index in [2.05, 4.69) is 0 Å². The molecule has 0 aliphatic carbocycles. The van der Waals surface area contributed by atoms with E-state index < -0.39 is 11.5 Å². The fourth-order valence-electron chi connectivity index (χ4n) is 1.20. The fraction of sp³-hybridized carbons (Fsp3) is 0.364. The van der Waals surface area contributed by atoms with Crippen molar-refractivity contribution in [3.8, 4) is 0 Å². The van der Waals surface area contributed by atoms with Crippen LogP contribution in [-0.4, -0.2) is 16.6 Å². The van der Waals surface area contributed by atoms with Crippen LogP contribution >= 0.6 is 0 Å². The molecule has 1 atom stereocenters. The lowest BCUT2D eigenvalue weighted by atomic mass is 9.94. The van der Waals surface area contributed by atoms with Crippen LogP contribution in [0.2, 0.25) is 0 Å². The normalized spacial score (nSPS) is 14.6. The van der Waals surface area contributed by atoms with E-state index >= 15 is 0 Å². The van der Waals surface area contributed by atoms with E-state index in [0.29, 0.717) is 6.42 Å². The maximum Gasteiger partial charge on any atom is 0.323 e. The summed E-state index contributed by atoms with van der Waals surface area (Å²) in [7, 11) is 0. The molecule has 15 heavy (non-hydrogen) atoms. The summed E-state index contributed by atoms with van der Waals surface area (Å²) in [6.07, 6.45) is 0.739. The zero-order valence-corrected chi connectivity index (χ0v) is 8.53. The Morgan fingerprint density at radius 3 is 2.80 bits per heavy atom. The van der Waals surface area contributed by atoms with Crippen molar-refractivity contribution in [2.24, 2.45) is 5.73 Å². The van der Waals surface area contributed by atoms with Gasteiger partial charge in [-0.1, -0.05) is 12.1 Å². The second-order valence-corrected chi connectivity index (χ2v) is 3.85. The van der Waals surface area contributed by atoms with Crippen LogP contribution in [0.4, 0.5) is 4.39 Å². The summed E-state index contributed by atoms with van der Waals surface area (Å²) in [6, 6.07) is 6.08. The molecule has 0 bridgehead atoms. The Morgan fingerprint density at radius 1 is 1.60 bits per heavy atom. The Morgan fingerprint density at radius 2 is 2.27 bits per heavy atom. The van der Waals surface area contributed by atoms with E-state index in [9.17, 15) is 9.18 Å². The number of benzene rings is 1. The van der Waals surface area contributed by atoms with Crippen LogP contribution in [0, 0.1) is 5.82 Å². The molecule has 82 valence electrons. The van der Waals surface area contributed by atoms with Crippen LogP contribution in [0.15, 0.2) is 24.3 Å². The molecule has 0 heterocycles. The van der Waals surface area contributed by atoms with Crippen molar-refractivity contribution in [1.29, 1.82) is 0 Å². The first kappa shape index (κ1) is 11.7. The first-order chi connectivity index (χ1) is 6.92. The summed E-state index contributed by atoms with van der Waals surface area (Å²) in [5.41, 5.74) is 5.05. The Bertz CT molecular complexity index is 363. The number of hydrogen-bond acceptors (Lipinski definition) is 2. The minimum absolute atomic E-state index is 0.284. The second-order valence-electron chi connectivity index (χ2n) is 3.85. The molecule has 0 aliphatic heterocycles. The Balaban J connectivity index is 2.61. The number of carboxylic acids is 1. The molecule has 0 aliphatic rings. The summed E-state index contributed by atoms with van der Waals surface area (Å²) >= 11 is 0. The maximum absolute atomic E-state index is 12.8. The molecular formula is C11H14FNO2. The topological polar surface area (TPSA) is 63.3 Å². The second kappa shape index (κ2) is 4.40. The van der Waals surface area contributed by atoms with Crippen LogP contribution in [0.25, 0.3) is 0 Å². The quantitative estimate of drug-likeness (QED) is 0.794. The average Bonchev–Trinajstić information content (AvgIpc) is 2.15. The third kappa shape index (κ3) is 3.32. The van der Waals surface area contributed by atoms with Gasteiger partial charge in [0, 0.05) is 0 Å². The third-order valence-electron chi connectivity index (χ3n) is 2.31. The van der Waals surface area contributed by atoms with Gasteiger partial charge in [0.25, 0.3) is 0 Å². The summed E-state index contributed by atoms with van der Waals surface area (Å²) in [4.78, 5) is 10.7. The van der Waals surface area contributed by atoms with Crippen LogP contribution < -0.4 is 5.73 Å². The Kier molecular flexibility index (Phi) is 3.42. The van der Waals surface area contributed by atoms with Crippen molar-refractivity contribution in [1.82, 2.24) is 0 Å². The minimum Gasteiger partial charge on any atom is -0.480 e. The first-order valence-corrected chi connectivity index (χ1v) is 4.68. The molecule has 0 fully saturated rings. The zero-order valence-electron chi connectivity index (χ0n) is 8.53. The molecule has 4 heteroatoms. The number of hydrogen-bond donors (Lipinski definition) is 2. The van der Waals surface area contributed by atoms with Gasteiger partial charge < -0.3 is 10.8 Å². The predicted octanol–water partition coefficient (Wildman–Crippen LogP) is 1.56. The summed E-state index contributed by atoms with van der Waals surface area (Å²) in [6.45, 7) is 1.45. The maximum atomic E-state index is 12.8. The molecule has 0 spiro atoms. The Hall–Kier alpha value is -1.42. The highest BCUT2D eigenvalue weighted by Crippen LogP contribution is 2.12. The monoisotopic (exact) mass is 211 g/mol. The third-order valence-corrected chi connectivity index (χ3v) is 2.31. The number of rotatable bonds is 4. The molecule has 0 unspecified atom stereocenters. The zero-order chi connectivity index (χ0) is 11.5. The van der Waals surface area contributed by atoms with E-state index in [0.717, 1.165) is 5.56 Å². The van der Waals surface area contributed by atoms with Gasteiger partial charge in [0.15, 0.2) is 0 Å². The van der Waals surface area contributed by atoms with E-state index in [4.69, 9.17) is 10.8 Å². The van der Waals surface area contributed by atoms with Gasteiger partial charge in [-0.2, -0.15) is 0 Å².